The van der Waals surface area contributed by atoms with Crippen LogP contribution in [0.2, 0.25) is 0 Å². The van der Waals surface area contributed by atoms with Gasteiger partial charge in [-0.2, -0.15) is 13.5 Å². The number of carbonyl (C=O) groups excluding carboxylic acids is 1. The van der Waals surface area contributed by atoms with Gasteiger partial charge in [0.15, 0.2) is 0 Å². The monoisotopic (exact) mass is 721 g/mol. The van der Waals surface area contributed by atoms with Gasteiger partial charge in [-0.15, -0.1) is 0 Å². The second-order valence-corrected chi connectivity index (χ2v) is 13.4. The average Bonchev–Trinajstić information content (AvgIpc) is 3.55. The van der Waals surface area contributed by atoms with Crippen LogP contribution in [0.15, 0.2) is 121 Å². The Labute approximate surface area is 313 Å². The van der Waals surface area contributed by atoms with Crippen LogP contribution in [0.25, 0.3) is 22.3 Å². The number of benzene rings is 5. The largest absolute Gasteiger partial charge is 0.508 e. The van der Waals surface area contributed by atoms with E-state index in [0.29, 0.717) is 25.7 Å². The van der Waals surface area contributed by atoms with Crippen LogP contribution in [-0.4, -0.2) is 40.0 Å². The van der Waals surface area contributed by atoms with Crippen LogP contribution in [-0.2, 0) is 16.0 Å². The van der Waals surface area contributed by atoms with Crippen LogP contribution < -0.4 is 4.90 Å². The number of amides is 1. The van der Waals surface area contributed by atoms with Crippen LogP contribution in [0, 0.1) is 5.82 Å². The lowest BCUT2D eigenvalue weighted by Gasteiger charge is -2.32. The number of aromatic hydroxyl groups is 1. The number of rotatable bonds is 9. The molecule has 0 radical (unpaired) electrons. The zero-order chi connectivity index (χ0) is 35.7. The third kappa shape index (κ3) is 9.49. The first-order valence-electron chi connectivity index (χ1n) is 17.9. The molecule has 3 N–H and O–H groups in total. The Morgan fingerprint density at radius 1 is 0.808 bits per heavy atom. The fraction of sp³-hybridized carbons (Fsp3) is 0.295. The van der Waals surface area contributed by atoms with Crippen molar-refractivity contribution in [2.45, 2.75) is 76.2 Å². The molecule has 0 aliphatic carbocycles. The van der Waals surface area contributed by atoms with Crippen molar-refractivity contribution >= 4 is 25.1 Å². The van der Waals surface area contributed by atoms with Gasteiger partial charge in [-0.1, -0.05) is 104 Å². The first-order chi connectivity index (χ1) is 24.8. The Kier molecular flexibility index (Phi) is 13.7. The van der Waals surface area contributed by atoms with Gasteiger partial charge in [0.1, 0.15) is 11.6 Å². The van der Waals surface area contributed by atoms with Crippen LogP contribution in [0.5, 0.6) is 5.75 Å². The minimum Gasteiger partial charge on any atom is -0.508 e. The summed E-state index contributed by atoms with van der Waals surface area (Å²) in [5, 5.41) is 30.7. The molecule has 2 saturated heterocycles. The third-order valence-corrected chi connectivity index (χ3v) is 9.78. The molecule has 5 aromatic carbocycles. The molecule has 52 heavy (non-hydrogen) atoms. The molecule has 5 aromatic rings. The molecule has 2 fully saturated rings. The number of nitrogens with zero attached hydrogens (tertiary/aromatic N) is 1. The Bertz CT molecular complexity index is 1870. The van der Waals surface area contributed by atoms with E-state index < -0.39 is 6.10 Å². The number of anilines is 1. The SMILES string of the molecule is CCCCc1ccc(F)cc1.O=C1CCC(c2ccc(-c3ccc(C4CC(O)CC(CO)O4)cc3)cc2O)N1c1ccc(-c2ccccc2)cc1.S. The molecule has 2 heterocycles. The van der Waals surface area contributed by atoms with Gasteiger partial charge >= 0.3 is 0 Å². The smallest absolute Gasteiger partial charge is 0.227 e. The molecule has 1 amide bonds. The molecule has 6 nitrogen and oxygen atoms in total. The molecule has 0 bridgehead atoms. The van der Waals surface area contributed by atoms with Gasteiger partial charge in [0, 0.05) is 30.5 Å². The van der Waals surface area contributed by atoms with Gasteiger partial charge in [-0.3, -0.25) is 4.79 Å². The third-order valence-electron chi connectivity index (χ3n) is 9.78. The van der Waals surface area contributed by atoms with Gasteiger partial charge in [-0.25, -0.2) is 4.39 Å². The van der Waals surface area contributed by atoms with Gasteiger partial charge in [0.25, 0.3) is 0 Å². The summed E-state index contributed by atoms with van der Waals surface area (Å²) in [6, 6.07) is 38.2. The minimum absolute atomic E-state index is 0. The van der Waals surface area contributed by atoms with Crippen LogP contribution in [0.1, 0.15) is 74.3 Å². The number of phenolic OH excluding ortho intramolecular Hbond substituents is 1. The number of aryl methyl sites for hydroxylation is 1. The summed E-state index contributed by atoms with van der Waals surface area (Å²) in [6.45, 7) is 2.05. The molecule has 2 aliphatic rings. The zero-order valence-electron chi connectivity index (χ0n) is 29.5. The highest BCUT2D eigenvalue weighted by molar-refractivity contribution is 7.59. The van der Waals surface area contributed by atoms with Crippen molar-refractivity contribution in [1.82, 2.24) is 0 Å². The number of aliphatic hydroxyl groups excluding tert-OH is 2. The number of hydrogen-bond donors (Lipinski definition) is 3. The van der Waals surface area contributed by atoms with E-state index >= 15 is 0 Å². The van der Waals surface area contributed by atoms with E-state index in [1.165, 1.54) is 30.5 Å². The molecule has 8 heteroatoms. The van der Waals surface area contributed by atoms with E-state index in [0.717, 1.165) is 45.5 Å². The molecule has 7 rings (SSSR count). The molecule has 0 spiro atoms. The topological polar surface area (TPSA) is 90.2 Å². The van der Waals surface area contributed by atoms with E-state index in [-0.39, 0.29) is 55.8 Å². The van der Waals surface area contributed by atoms with Gasteiger partial charge in [-0.05, 0) is 83.0 Å². The summed E-state index contributed by atoms with van der Waals surface area (Å²) in [6.07, 6.45) is 4.34. The highest BCUT2D eigenvalue weighted by Gasteiger charge is 2.35. The van der Waals surface area contributed by atoms with E-state index in [2.05, 4.69) is 19.1 Å². The van der Waals surface area contributed by atoms with E-state index in [1.807, 2.05) is 91.0 Å². The number of hydrogen-bond acceptors (Lipinski definition) is 5. The quantitative estimate of drug-likeness (QED) is 0.141. The number of unbranched alkanes of at least 4 members (excludes halogenated alkanes) is 1. The Balaban J connectivity index is 0.000000375. The number of phenols is 1. The molecule has 4 unspecified atom stereocenters. The van der Waals surface area contributed by atoms with E-state index in [1.54, 1.807) is 11.0 Å². The lowest BCUT2D eigenvalue weighted by Crippen LogP contribution is -2.33. The van der Waals surface area contributed by atoms with Crippen molar-refractivity contribution < 1.29 is 29.2 Å². The molecular formula is C44H48FNO5S. The van der Waals surface area contributed by atoms with Crippen molar-refractivity contribution in [3.8, 4) is 28.0 Å². The van der Waals surface area contributed by atoms with Gasteiger partial charge in [0.05, 0.1) is 31.0 Å². The van der Waals surface area contributed by atoms with Crippen molar-refractivity contribution in [2.75, 3.05) is 11.5 Å². The summed E-state index contributed by atoms with van der Waals surface area (Å²) in [4.78, 5) is 14.7. The predicted molar refractivity (Wildman–Crippen MR) is 210 cm³/mol. The molecular weight excluding hydrogens is 674 g/mol. The maximum Gasteiger partial charge on any atom is 0.227 e. The standard InChI is InChI=1S/C34H33NO5.C10H13F.H2S/c36-21-29-19-28(37)20-33(40-29)25-8-6-24(7-9-25)26-12-15-30(32(38)18-26)31-16-17-34(39)35(31)27-13-10-23(11-14-27)22-4-2-1-3-5-22;1-2-3-4-9-5-7-10(11)8-6-9;/h1-15,18,28-29,31,33,36-38H,16-17,19-21H2;5-8H,2-4H2,1H3;1H2. The van der Waals surface area contributed by atoms with Gasteiger partial charge < -0.3 is 25.0 Å². The summed E-state index contributed by atoms with van der Waals surface area (Å²) in [7, 11) is 0. The normalized spacial score (nSPS) is 19.8. The zero-order valence-corrected chi connectivity index (χ0v) is 30.5. The summed E-state index contributed by atoms with van der Waals surface area (Å²) in [5.74, 6) is 0.0666. The molecule has 4 atom stereocenters. The highest BCUT2D eigenvalue weighted by Crippen LogP contribution is 2.42. The summed E-state index contributed by atoms with van der Waals surface area (Å²) in [5.41, 5.74) is 7.75. The van der Waals surface area contributed by atoms with Crippen LogP contribution in [0.3, 0.4) is 0 Å². The molecule has 0 saturated carbocycles. The number of aliphatic hydroxyl groups is 2. The second-order valence-electron chi connectivity index (χ2n) is 13.4. The fourth-order valence-corrected chi connectivity index (χ4v) is 7.00. The number of carbonyl (C=O) groups is 1. The van der Waals surface area contributed by atoms with Crippen LogP contribution >= 0.6 is 13.5 Å². The predicted octanol–water partition coefficient (Wildman–Crippen LogP) is 9.45. The van der Waals surface area contributed by atoms with E-state index in [9.17, 15) is 24.5 Å². The molecule has 0 aromatic heterocycles. The minimum atomic E-state index is -0.496. The average molecular weight is 722 g/mol. The Morgan fingerprint density at radius 2 is 1.44 bits per heavy atom. The molecule has 272 valence electrons. The van der Waals surface area contributed by atoms with Crippen molar-refractivity contribution in [2.24, 2.45) is 0 Å². The number of ether oxygens (including phenoxy) is 1. The lowest BCUT2D eigenvalue weighted by molar-refractivity contribution is -0.117. The first kappa shape index (κ1) is 38.8. The lowest BCUT2D eigenvalue weighted by atomic mass is 9.94. The second kappa shape index (κ2) is 18.3. The fourth-order valence-electron chi connectivity index (χ4n) is 7.00. The Hall–Kier alpha value is -4.47. The molecule has 2 aliphatic heterocycles. The van der Waals surface area contributed by atoms with Crippen molar-refractivity contribution in [3.05, 3.63) is 144 Å². The maximum absolute atomic E-state index is 12.9. The maximum atomic E-state index is 12.9. The van der Waals surface area contributed by atoms with Gasteiger partial charge in [0.2, 0.25) is 5.91 Å². The number of halogens is 1. The van der Waals surface area contributed by atoms with E-state index in [4.69, 9.17) is 4.74 Å². The highest BCUT2D eigenvalue weighted by atomic mass is 32.1. The Morgan fingerprint density at radius 3 is 2.10 bits per heavy atom. The summed E-state index contributed by atoms with van der Waals surface area (Å²) >= 11 is 0. The first-order valence-corrected chi connectivity index (χ1v) is 17.9. The van der Waals surface area contributed by atoms with Crippen LogP contribution in [0.4, 0.5) is 10.1 Å². The summed E-state index contributed by atoms with van der Waals surface area (Å²) < 4.78 is 18.3. The van der Waals surface area contributed by atoms with Crippen molar-refractivity contribution in [1.29, 1.82) is 0 Å². The van der Waals surface area contributed by atoms with Crippen molar-refractivity contribution in [3.63, 3.8) is 0 Å².